The van der Waals surface area contributed by atoms with Gasteiger partial charge in [0.25, 0.3) is 0 Å². The van der Waals surface area contributed by atoms with E-state index in [2.05, 4.69) is 55.6 Å². The molecule has 0 aromatic heterocycles. The maximum absolute atomic E-state index is 12.5. The molecule has 2 atom stereocenters. The molecule has 0 aliphatic heterocycles. The lowest BCUT2D eigenvalue weighted by atomic mass is 10.0. The van der Waals surface area contributed by atoms with E-state index in [9.17, 15) is 19.8 Å². The summed E-state index contributed by atoms with van der Waals surface area (Å²) in [5.74, 6) is -0.0768. The van der Waals surface area contributed by atoms with Gasteiger partial charge in [-0.05, 0) is 83.5 Å². The van der Waals surface area contributed by atoms with Gasteiger partial charge in [-0.2, -0.15) is 0 Å². The van der Waals surface area contributed by atoms with Crippen LogP contribution in [0, 0.1) is 0 Å². The molecule has 1 amide bonds. The van der Waals surface area contributed by atoms with Crippen LogP contribution in [0.1, 0.15) is 341 Å². The summed E-state index contributed by atoms with van der Waals surface area (Å²) in [6, 6.07) is -0.634. The topological polar surface area (TPSA) is 95.9 Å². The van der Waals surface area contributed by atoms with Crippen LogP contribution in [0.3, 0.4) is 0 Å². The maximum Gasteiger partial charge on any atom is 0.305 e. The lowest BCUT2D eigenvalue weighted by Gasteiger charge is -2.20. The molecule has 0 radical (unpaired) electrons. The quantitative estimate of drug-likeness (QED) is 0.0320. The van der Waals surface area contributed by atoms with E-state index in [1.807, 2.05) is 6.08 Å². The molecule has 0 rings (SSSR count). The Morgan fingerprint density at radius 3 is 1.11 bits per heavy atom. The van der Waals surface area contributed by atoms with Crippen molar-refractivity contribution in [3.05, 3.63) is 48.6 Å². The largest absolute Gasteiger partial charge is 0.466 e. The average molecular weight is 1020 g/mol. The number of carbonyl (C=O) groups is 2. The number of rotatable bonds is 60. The molecule has 6 nitrogen and oxygen atoms in total. The van der Waals surface area contributed by atoms with E-state index in [1.54, 1.807) is 6.08 Å². The van der Waals surface area contributed by atoms with Gasteiger partial charge in [0, 0.05) is 12.8 Å². The van der Waals surface area contributed by atoms with Gasteiger partial charge in [-0.25, -0.2) is 0 Å². The van der Waals surface area contributed by atoms with Gasteiger partial charge in [-0.1, -0.05) is 294 Å². The highest BCUT2D eigenvalue weighted by molar-refractivity contribution is 5.76. The number of carbonyl (C=O) groups excluding carboxylic acids is 2. The Bertz CT molecular complexity index is 1230. The highest BCUT2D eigenvalue weighted by atomic mass is 16.5. The fraction of sp³-hybridized carbons (Fsp3) is 0.851. The van der Waals surface area contributed by atoms with Crippen molar-refractivity contribution in [2.75, 3.05) is 13.2 Å². The van der Waals surface area contributed by atoms with Gasteiger partial charge in [0.2, 0.25) is 5.91 Å². The average Bonchev–Trinajstić information content (AvgIpc) is 3.39. The molecule has 0 aromatic rings. The van der Waals surface area contributed by atoms with E-state index in [0.29, 0.717) is 19.4 Å². The van der Waals surface area contributed by atoms with Crippen molar-refractivity contribution < 1.29 is 24.5 Å². The molecular formula is C67H125NO5. The molecule has 0 bridgehead atoms. The first-order chi connectivity index (χ1) is 36.0. The summed E-state index contributed by atoms with van der Waals surface area (Å²) in [4.78, 5) is 24.5. The zero-order valence-electron chi connectivity index (χ0n) is 48.9. The van der Waals surface area contributed by atoms with Crippen molar-refractivity contribution in [1.29, 1.82) is 0 Å². The molecule has 0 saturated carbocycles. The number of ether oxygens (including phenoxy) is 1. The fourth-order valence-electron chi connectivity index (χ4n) is 9.84. The molecule has 0 aliphatic carbocycles. The first-order valence-corrected chi connectivity index (χ1v) is 32.4. The van der Waals surface area contributed by atoms with Crippen LogP contribution in [0.15, 0.2) is 48.6 Å². The summed E-state index contributed by atoms with van der Waals surface area (Å²) >= 11 is 0. The number of unbranched alkanes of at least 4 members (excludes halogenated alkanes) is 43. The van der Waals surface area contributed by atoms with E-state index < -0.39 is 12.1 Å². The van der Waals surface area contributed by atoms with Gasteiger partial charge in [0.15, 0.2) is 0 Å². The van der Waals surface area contributed by atoms with Crippen LogP contribution in [-0.4, -0.2) is 47.4 Å². The van der Waals surface area contributed by atoms with Crippen molar-refractivity contribution >= 4 is 11.9 Å². The summed E-state index contributed by atoms with van der Waals surface area (Å²) in [5.41, 5.74) is 0. The molecule has 0 spiro atoms. The molecule has 0 fully saturated rings. The molecule has 3 N–H and O–H groups in total. The van der Waals surface area contributed by atoms with E-state index in [-0.39, 0.29) is 18.5 Å². The Labute approximate surface area is 455 Å². The van der Waals surface area contributed by atoms with Crippen LogP contribution in [0.25, 0.3) is 0 Å². The van der Waals surface area contributed by atoms with Crippen molar-refractivity contribution in [2.45, 2.75) is 353 Å². The predicted octanol–water partition coefficient (Wildman–Crippen LogP) is 20.5. The third-order valence-electron chi connectivity index (χ3n) is 14.8. The second-order valence-corrected chi connectivity index (χ2v) is 22.1. The van der Waals surface area contributed by atoms with E-state index in [1.165, 1.54) is 257 Å². The number of aliphatic hydroxyl groups excluding tert-OH is 2. The molecule has 0 aliphatic rings. The van der Waals surface area contributed by atoms with Crippen LogP contribution in [0.5, 0.6) is 0 Å². The molecule has 6 heteroatoms. The smallest absolute Gasteiger partial charge is 0.305 e. The Hall–Kier alpha value is -2.18. The van der Waals surface area contributed by atoms with Crippen molar-refractivity contribution in [3.8, 4) is 0 Å². The molecular weight excluding hydrogens is 899 g/mol. The number of allylic oxidation sites excluding steroid dienone is 7. The number of esters is 1. The normalized spacial score (nSPS) is 12.9. The Morgan fingerprint density at radius 2 is 0.712 bits per heavy atom. The second-order valence-electron chi connectivity index (χ2n) is 22.1. The first-order valence-electron chi connectivity index (χ1n) is 32.4. The van der Waals surface area contributed by atoms with Crippen LogP contribution in [0.2, 0.25) is 0 Å². The summed E-state index contributed by atoms with van der Waals surface area (Å²) in [7, 11) is 0. The highest BCUT2D eigenvalue weighted by Gasteiger charge is 2.18. The third-order valence-corrected chi connectivity index (χ3v) is 14.8. The number of amides is 1. The summed E-state index contributed by atoms with van der Waals surface area (Å²) in [6.07, 6.45) is 80.2. The van der Waals surface area contributed by atoms with Gasteiger partial charge in [0.1, 0.15) is 0 Å². The van der Waals surface area contributed by atoms with Gasteiger partial charge in [0.05, 0.1) is 25.4 Å². The molecule has 428 valence electrons. The van der Waals surface area contributed by atoms with E-state index >= 15 is 0 Å². The maximum atomic E-state index is 12.5. The number of nitrogens with one attached hydrogen (secondary N) is 1. The Morgan fingerprint density at radius 1 is 0.384 bits per heavy atom. The summed E-state index contributed by atoms with van der Waals surface area (Å²) < 4.78 is 5.47. The van der Waals surface area contributed by atoms with Gasteiger partial charge in [-0.3, -0.25) is 9.59 Å². The summed E-state index contributed by atoms with van der Waals surface area (Å²) in [6.45, 7) is 4.85. The predicted molar refractivity (Wildman–Crippen MR) is 319 cm³/mol. The number of hydrogen-bond acceptors (Lipinski definition) is 5. The van der Waals surface area contributed by atoms with Crippen molar-refractivity contribution in [1.82, 2.24) is 5.32 Å². The van der Waals surface area contributed by atoms with E-state index in [4.69, 9.17) is 4.74 Å². The minimum Gasteiger partial charge on any atom is -0.466 e. The zero-order valence-corrected chi connectivity index (χ0v) is 48.9. The Kier molecular flexibility index (Phi) is 60.5. The zero-order chi connectivity index (χ0) is 52.9. The van der Waals surface area contributed by atoms with Crippen molar-refractivity contribution in [2.24, 2.45) is 0 Å². The van der Waals surface area contributed by atoms with Crippen LogP contribution in [-0.2, 0) is 14.3 Å². The molecule has 0 heterocycles. The highest BCUT2D eigenvalue weighted by Crippen LogP contribution is 2.17. The van der Waals surface area contributed by atoms with Gasteiger partial charge >= 0.3 is 5.97 Å². The first kappa shape index (κ1) is 70.8. The second kappa shape index (κ2) is 62.4. The standard InChI is InChI=1S/C67H125NO5/c1-3-5-7-9-11-13-15-17-18-19-20-26-29-32-36-39-43-47-51-55-59-65(70)64(63-69)68-66(71)60-56-52-48-44-40-37-33-30-27-24-22-21-23-25-28-31-34-38-42-46-50-54-58-62-73-67(72)61-57-53-49-45-41-35-16-14-12-10-8-6-4-2/h8,10,14,16,24,27,55,59,64-65,69-70H,3-7,9,11-13,15,17-23,25-26,28-54,56-58,60-63H2,1-2H3,(H,68,71)/b10-8-,16-14-,27-24-,59-55+. The Balaban J connectivity index is 3.45. The minimum absolute atomic E-state index is 0.00453. The lowest BCUT2D eigenvalue weighted by Crippen LogP contribution is -2.45. The van der Waals surface area contributed by atoms with Crippen LogP contribution in [0.4, 0.5) is 0 Å². The SMILES string of the molecule is CCC/C=C\C/C=C\CCCCCCCC(=O)OCCCCCCCCCCCCCC/C=C\CCCCCCCCCC(=O)NC(CO)C(O)/C=C/CCCCCCCCCCCCCCCCCCCC. The van der Waals surface area contributed by atoms with Gasteiger partial charge in [-0.15, -0.1) is 0 Å². The minimum atomic E-state index is -0.850. The van der Waals surface area contributed by atoms with Crippen LogP contribution >= 0.6 is 0 Å². The van der Waals surface area contributed by atoms with Crippen LogP contribution < -0.4 is 5.32 Å². The lowest BCUT2D eigenvalue weighted by molar-refractivity contribution is -0.143. The molecule has 73 heavy (non-hydrogen) atoms. The summed E-state index contributed by atoms with van der Waals surface area (Å²) in [5, 5.41) is 23.2. The number of aliphatic hydroxyl groups is 2. The third kappa shape index (κ3) is 58.9. The number of hydrogen-bond donors (Lipinski definition) is 3. The van der Waals surface area contributed by atoms with Crippen molar-refractivity contribution in [3.63, 3.8) is 0 Å². The van der Waals surface area contributed by atoms with Gasteiger partial charge < -0.3 is 20.3 Å². The molecule has 2 unspecified atom stereocenters. The van der Waals surface area contributed by atoms with E-state index in [0.717, 1.165) is 57.8 Å². The molecule has 0 saturated heterocycles. The monoisotopic (exact) mass is 1020 g/mol. The fourth-order valence-corrected chi connectivity index (χ4v) is 9.84. The molecule has 0 aromatic carbocycles.